The second-order valence-corrected chi connectivity index (χ2v) is 7.85. The van der Waals surface area contributed by atoms with Crippen LogP contribution in [-0.4, -0.2) is 19.4 Å². The van der Waals surface area contributed by atoms with E-state index in [9.17, 15) is 0 Å². The van der Waals surface area contributed by atoms with Gasteiger partial charge in [-0.3, -0.25) is 4.99 Å². The molecule has 2 aromatic carbocycles. The lowest BCUT2D eigenvalue weighted by Gasteiger charge is -2.06. The topological polar surface area (TPSA) is 30.8 Å². The van der Waals surface area contributed by atoms with Crippen molar-refractivity contribution in [2.24, 2.45) is 4.99 Å². The van der Waals surface area contributed by atoms with Gasteiger partial charge in [0.15, 0.2) is 0 Å². The van der Waals surface area contributed by atoms with Crippen LogP contribution < -0.4 is 9.47 Å². The van der Waals surface area contributed by atoms with E-state index in [4.69, 9.17) is 9.47 Å². The number of hydrogen-bond acceptors (Lipinski definition) is 3. The summed E-state index contributed by atoms with van der Waals surface area (Å²) in [5, 5.41) is 0. The third-order valence-electron chi connectivity index (χ3n) is 5.11. The van der Waals surface area contributed by atoms with Crippen LogP contribution in [0.4, 0.5) is 5.69 Å². The molecule has 0 saturated carbocycles. The number of hydrogen-bond donors (Lipinski definition) is 0. The zero-order valence-electron chi connectivity index (χ0n) is 18.9. The highest BCUT2D eigenvalue weighted by atomic mass is 16.5. The van der Waals surface area contributed by atoms with Crippen molar-refractivity contribution in [2.45, 2.75) is 78.1 Å². The van der Waals surface area contributed by atoms with E-state index in [1.54, 1.807) is 0 Å². The highest BCUT2D eigenvalue weighted by molar-refractivity contribution is 5.82. The van der Waals surface area contributed by atoms with E-state index >= 15 is 0 Å². The van der Waals surface area contributed by atoms with Crippen molar-refractivity contribution in [3.8, 4) is 11.5 Å². The average Bonchev–Trinajstić information content (AvgIpc) is 2.78. The minimum Gasteiger partial charge on any atom is -0.494 e. The molecule has 0 spiro atoms. The van der Waals surface area contributed by atoms with Gasteiger partial charge in [0.05, 0.1) is 18.9 Å². The minimum absolute atomic E-state index is 0.792. The minimum atomic E-state index is 0.792. The van der Waals surface area contributed by atoms with Crippen molar-refractivity contribution in [1.82, 2.24) is 0 Å². The monoisotopic (exact) mass is 409 g/mol. The Bertz CT molecular complexity index is 692. The van der Waals surface area contributed by atoms with Crippen LogP contribution in [0.3, 0.4) is 0 Å². The Kier molecular flexibility index (Phi) is 12.4. The summed E-state index contributed by atoms with van der Waals surface area (Å²) >= 11 is 0. The molecular formula is C27H39NO2. The third-order valence-corrected chi connectivity index (χ3v) is 5.11. The number of rotatable bonds is 16. The second-order valence-electron chi connectivity index (χ2n) is 7.85. The van der Waals surface area contributed by atoms with Gasteiger partial charge >= 0.3 is 0 Å². The highest BCUT2D eigenvalue weighted by Crippen LogP contribution is 2.19. The number of nitrogens with zero attached hydrogens (tertiary/aromatic N) is 1. The summed E-state index contributed by atoms with van der Waals surface area (Å²) in [7, 11) is 0. The lowest BCUT2D eigenvalue weighted by molar-refractivity contribution is 0.304. The van der Waals surface area contributed by atoms with Gasteiger partial charge in [-0.25, -0.2) is 0 Å². The fourth-order valence-corrected chi connectivity index (χ4v) is 3.22. The summed E-state index contributed by atoms with van der Waals surface area (Å²) in [5.41, 5.74) is 2.00. The molecule has 0 aliphatic heterocycles. The molecule has 0 N–H and O–H groups in total. The van der Waals surface area contributed by atoms with Crippen LogP contribution in [0.15, 0.2) is 53.5 Å². The molecule has 2 rings (SSSR count). The average molecular weight is 410 g/mol. The van der Waals surface area contributed by atoms with Crippen LogP contribution in [-0.2, 0) is 0 Å². The molecule has 3 nitrogen and oxygen atoms in total. The van der Waals surface area contributed by atoms with E-state index in [1.165, 1.54) is 51.4 Å². The zero-order chi connectivity index (χ0) is 21.3. The van der Waals surface area contributed by atoms with Crippen LogP contribution in [0, 0.1) is 0 Å². The first-order chi connectivity index (χ1) is 14.8. The number of ether oxygens (including phenoxy) is 2. The first-order valence-corrected chi connectivity index (χ1v) is 11.8. The Hall–Kier alpha value is -2.29. The van der Waals surface area contributed by atoms with Gasteiger partial charge < -0.3 is 9.47 Å². The van der Waals surface area contributed by atoms with Gasteiger partial charge in [0, 0.05) is 6.21 Å². The van der Waals surface area contributed by atoms with E-state index in [0.717, 1.165) is 48.8 Å². The third kappa shape index (κ3) is 10.5. The van der Waals surface area contributed by atoms with E-state index < -0.39 is 0 Å². The normalized spacial score (nSPS) is 11.1. The molecular weight excluding hydrogens is 370 g/mol. The maximum Gasteiger partial charge on any atom is 0.119 e. The maximum atomic E-state index is 5.83. The Morgan fingerprint density at radius 3 is 1.63 bits per heavy atom. The van der Waals surface area contributed by atoms with Gasteiger partial charge in [0.2, 0.25) is 0 Å². The summed E-state index contributed by atoms with van der Waals surface area (Å²) in [4.78, 5) is 4.56. The van der Waals surface area contributed by atoms with E-state index in [1.807, 2.05) is 54.7 Å². The first-order valence-electron chi connectivity index (χ1n) is 11.8. The molecule has 0 amide bonds. The molecule has 0 atom stereocenters. The van der Waals surface area contributed by atoms with Gasteiger partial charge in [-0.1, -0.05) is 65.2 Å². The van der Waals surface area contributed by atoms with Gasteiger partial charge in [-0.05, 0) is 66.9 Å². The Labute approximate surface area is 183 Å². The van der Waals surface area contributed by atoms with Gasteiger partial charge in [-0.2, -0.15) is 0 Å². The molecule has 0 radical (unpaired) electrons. The van der Waals surface area contributed by atoms with Crippen molar-refractivity contribution in [2.75, 3.05) is 13.2 Å². The van der Waals surface area contributed by atoms with Crippen LogP contribution >= 0.6 is 0 Å². The number of aliphatic imine (C=N–C) groups is 1. The fourth-order valence-electron chi connectivity index (χ4n) is 3.22. The molecule has 0 saturated heterocycles. The Balaban J connectivity index is 1.68. The van der Waals surface area contributed by atoms with Crippen LogP contribution in [0.25, 0.3) is 0 Å². The molecule has 2 aromatic rings. The summed E-state index contributed by atoms with van der Waals surface area (Å²) in [6.45, 7) is 6.06. The zero-order valence-corrected chi connectivity index (χ0v) is 18.9. The molecule has 0 heterocycles. The standard InChI is InChI=1S/C27H39NO2/c1-3-5-7-9-10-12-22-30-27-19-15-25(16-20-27)28-23-24-13-17-26(18-14-24)29-21-11-8-6-4-2/h13-20,23H,3-12,21-22H2,1-2H3. The lowest BCUT2D eigenvalue weighted by Crippen LogP contribution is -1.97. The van der Waals surface area contributed by atoms with Gasteiger partial charge in [0.25, 0.3) is 0 Å². The summed E-state index contributed by atoms with van der Waals surface area (Å²) in [6, 6.07) is 16.1. The van der Waals surface area contributed by atoms with E-state index in [2.05, 4.69) is 18.8 Å². The van der Waals surface area contributed by atoms with Crippen molar-refractivity contribution in [1.29, 1.82) is 0 Å². The second kappa shape index (κ2) is 15.5. The molecule has 0 aliphatic carbocycles. The Morgan fingerprint density at radius 1 is 0.600 bits per heavy atom. The summed E-state index contributed by atoms with van der Waals surface area (Å²) in [5.74, 6) is 1.85. The SMILES string of the molecule is CCCCCCCCOc1ccc(N=Cc2ccc(OCCCCCC)cc2)cc1. The summed E-state index contributed by atoms with van der Waals surface area (Å²) < 4.78 is 11.6. The van der Waals surface area contributed by atoms with Crippen molar-refractivity contribution in [3.05, 3.63) is 54.1 Å². The fraction of sp³-hybridized carbons (Fsp3) is 0.519. The highest BCUT2D eigenvalue weighted by Gasteiger charge is 1.97. The predicted octanol–water partition coefficient (Wildman–Crippen LogP) is 8.14. The van der Waals surface area contributed by atoms with Crippen LogP contribution in [0.2, 0.25) is 0 Å². The van der Waals surface area contributed by atoms with E-state index in [0.29, 0.717) is 0 Å². The number of unbranched alkanes of at least 4 members (excludes halogenated alkanes) is 8. The molecule has 0 aliphatic rings. The lowest BCUT2D eigenvalue weighted by atomic mass is 10.1. The molecule has 0 aromatic heterocycles. The van der Waals surface area contributed by atoms with Crippen molar-refractivity contribution >= 4 is 11.9 Å². The van der Waals surface area contributed by atoms with Gasteiger partial charge in [0.1, 0.15) is 11.5 Å². The molecule has 0 unspecified atom stereocenters. The molecule has 0 bridgehead atoms. The molecule has 0 fully saturated rings. The quantitative estimate of drug-likeness (QED) is 0.207. The maximum absolute atomic E-state index is 5.83. The predicted molar refractivity (Wildman–Crippen MR) is 129 cm³/mol. The molecule has 30 heavy (non-hydrogen) atoms. The smallest absolute Gasteiger partial charge is 0.119 e. The van der Waals surface area contributed by atoms with Crippen LogP contribution in [0.1, 0.15) is 83.6 Å². The Morgan fingerprint density at radius 2 is 1.07 bits per heavy atom. The number of benzene rings is 2. The van der Waals surface area contributed by atoms with Gasteiger partial charge in [-0.15, -0.1) is 0 Å². The van der Waals surface area contributed by atoms with Crippen molar-refractivity contribution in [3.63, 3.8) is 0 Å². The largest absolute Gasteiger partial charge is 0.494 e. The molecule has 164 valence electrons. The van der Waals surface area contributed by atoms with Crippen LogP contribution in [0.5, 0.6) is 11.5 Å². The summed E-state index contributed by atoms with van der Waals surface area (Å²) in [6.07, 6.45) is 14.5. The molecule has 3 heteroatoms. The first kappa shape index (κ1) is 24.0. The van der Waals surface area contributed by atoms with E-state index in [-0.39, 0.29) is 0 Å². The van der Waals surface area contributed by atoms with Crippen molar-refractivity contribution < 1.29 is 9.47 Å².